The summed E-state index contributed by atoms with van der Waals surface area (Å²) in [5.74, 6) is 0.0727. The van der Waals surface area contributed by atoms with Crippen LogP contribution < -0.4 is 4.74 Å². The number of hydrogen-bond donors (Lipinski definition) is 0. The Kier molecular flexibility index (Phi) is 5.19. The maximum Gasteiger partial charge on any atom is 0.363 e. The van der Waals surface area contributed by atoms with Crippen LogP contribution in [-0.2, 0) is 14.3 Å². The Balaban J connectivity index is 1.65. The lowest BCUT2D eigenvalue weighted by Gasteiger charge is -2.11. The van der Waals surface area contributed by atoms with E-state index in [1.807, 2.05) is 68.4 Å². The first-order valence-electron chi connectivity index (χ1n) is 9.78. The first-order chi connectivity index (χ1) is 14.4. The lowest BCUT2D eigenvalue weighted by molar-refractivity contribution is -0.134. The minimum atomic E-state index is -0.491. The highest BCUT2D eigenvalue weighted by Crippen LogP contribution is 2.28. The minimum absolute atomic E-state index is 0.232. The molecule has 3 aromatic carbocycles. The van der Waals surface area contributed by atoms with Crippen molar-refractivity contribution in [1.29, 1.82) is 0 Å². The van der Waals surface area contributed by atoms with Crippen LogP contribution in [0.15, 0.2) is 65.3 Å². The molecular formula is C25H21NO4. The van der Waals surface area contributed by atoms with E-state index in [4.69, 9.17) is 9.47 Å². The van der Waals surface area contributed by atoms with Crippen LogP contribution >= 0.6 is 0 Å². The van der Waals surface area contributed by atoms with E-state index < -0.39 is 5.97 Å². The number of carbonyl (C=O) groups is 2. The number of rotatable bonds is 4. The molecule has 0 radical (unpaired) electrons. The van der Waals surface area contributed by atoms with E-state index in [1.165, 1.54) is 0 Å². The van der Waals surface area contributed by atoms with Crippen molar-refractivity contribution in [3.05, 3.63) is 82.5 Å². The Hall–Kier alpha value is -3.73. The predicted molar refractivity (Wildman–Crippen MR) is 116 cm³/mol. The molecule has 0 saturated carbocycles. The third kappa shape index (κ3) is 3.87. The molecular weight excluding hydrogens is 378 g/mol. The predicted octanol–water partition coefficient (Wildman–Crippen LogP) is 5.12. The summed E-state index contributed by atoms with van der Waals surface area (Å²) < 4.78 is 10.8. The van der Waals surface area contributed by atoms with Gasteiger partial charge in [-0.25, -0.2) is 9.79 Å². The zero-order valence-electron chi connectivity index (χ0n) is 17.1. The molecule has 1 aliphatic rings. The van der Waals surface area contributed by atoms with Crippen LogP contribution in [-0.4, -0.2) is 17.8 Å². The van der Waals surface area contributed by atoms with E-state index in [0.29, 0.717) is 18.1 Å². The van der Waals surface area contributed by atoms with Gasteiger partial charge in [-0.2, -0.15) is 0 Å². The fourth-order valence-corrected chi connectivity index (χ4v) is 3.43. The average molecular weight is 399 g/mol. The van der Waals surface area contributed by atoms with Gasteiger partial charge in [-0.05, 0) is 71.7 Å². The molecule has 0 saturated heterocycles. The summed E-state index contributed by atoms with van der Waals surface area (Å²) >= 11 is 0. The molecule has 3 aromatic rings. The van der Waals surface area contributed by atoms with E-state index in [2.05, 4.69) is 4.99 Å². The fraction of sp³-hybridized carbons (Fsp3) is 0.160. The molecule has 1 aliphatic heterocycles. The number of ether oxygens (including phenoxy) is 2. The normalized spacial score (nSPS) is 14.7. The number of hydrogen-bond acceptors (Lipinski definition) is 5. The Morgan fingerprint density at radius 2 is 1.73 bits per heavy atom. The number of fused-ring (bicyclic) bond motifs is 1. The molecule has 30 heavy (non-hydrogen) atoms. The molecule has 0 fully saturated rings. The molecule has 4 rings (SSSR count). The molecule has 0 bridgehead atoms. The van der Waals surface area contributed by atoms with Gasteiger partial charge in [0.1, 0.15) is 5.75 Å². The van der Waals surface area contributed by atoms with Gasteiger partial charge >= 0.3 is 11.9 Å². The van der Waals surface area contributed by atoms with Crippen molar-refractivity contribution >= 4 is 34.7 Å². The van der Waals surface area contributed by atoms with Crippen molar-refractivity contribution in [2.75, 3.05) is 0 Å². The van der Waals surface area contributed by atoms with Crippen LogP contribution in [0.3, 0.4) is 0 Å². The molecule has 0 spiro atoms. The van der Waals surface area contributed by atoms with Gasteiger partial charge in [0.15, 0.2) is 5.70 Å². The van der Waals surface area contributed by atoms with Gasteiger partial charge in [0.25, 0.3) is 0 Å². The fourth-order valence-electron chi connectivity index (χ4n) is 3.43. The summed E-state index contributed by atoms with van der Waals surface area (Å²) in [6.07, 6.45) is 1.99. The van der Waals surface area contributed by atoms with Crippen molar-refractivity contribution in [2.45, 2.75) is 27.2 Å². The number of aliphatic imine (C=N–C) groups is 1. The Labute approximate surface area is 174 Å². The van der Waals surface area contributed by atoms with Crippen LogP contribution in [0.25, 0.3) is 16.8 Å². The summed E-state index contributed by atoms with van der Waals surface area (Å²) in [6, 6.07) is 17.5. The molecule has 1 heterocycles. The Morgan fingerprint density at radius 3 is 2.43 bits per heavy atom. The summed E-state index contributed by atoms with van der Waals surface area (Å²) in [4.78, 5) is 28.4. The van der Waals surface area contributed by atoms with E-state index in [0.717, 1.165) is 33.0 Å². The van der Waals surface area contributed by atoms with Gasteiger partial charge < -0.3 is 9.47 Å². The third-order valence-corrected chi connectivity index (χ3v) is 4.91. The standard InChI is InChI=1S/C25H21NO4/c1-4-22(27)29-23-15(2)11-17(12-16(23)3)13-21-25(28)30-24(26-21)20-10-9-18-7-5-6-8-19(18)14-20/h5-14H,4H2,1-3H3/b21-13-. The molecule has 0 amide bonds. The van der Waals surface area contributed by atoms with Crippen LogP contribution in [0, 0.1) is 13.8 Å². The lowest BCUT2D eigenvalue weighted by Crippen LogP contribution is -2.08. The molecule has 0 atom stereocenters. The topological polar surface area (TPSA) is 65.0 Å². The number of benzene rings is 3. The molecule has 0 aromatic heterocycles. The van der Waals surface area contributed by atoms with E-state index in [9.17, 15) is 9.59 Å². The lowest BCUT2D eigenvalue weighted by atomic mass is 10.0. The summed E-state index contributed by atoms with van der Waals surface area (Å²) in [5, 5.41) is 2.16. The zero-order valence-corrected chi connectivity index (χ0v) is 17.1. The smallest absolute Gasteiger partial charge is 0.363 e. The number of esters is 2. The van der Waals surface area contributed by atoms with Gasteiger partial charge in [-0.15, -0.1) is 0 Å². The summed E-state index contributed by atoms with van der Waals surface area (Å²) in [7, 11) is 0. The van der Waals surface area contributed by atoms with E-state index in [1.54, 1.807) is 13.0 Å². The monoisotopic (exact) mass is 399 g/mol. The highest BCUT2D eigenvalue weighted by Gasteiger charge is 2.24. The van der Waals surface area contributed by atoms with Gasteiger partial charge in [0, 0.05) is 12.0 Å². The molecule has 0 N–H and O–H groups in total. The SMILES string of the molecule is CCC(=O)Oc1c(C)cc(/C=C2\N=C(c3ccc4ccccc4c3)OC2=O)cc1C. The first-order valence-corrected chi connectivity index (χ1v) is 9.78. The number of nitrogens with zero attached hydrogens (tertiary/aromatic N) is 1. The molecule has 5 heteroatoms. The Bertz CT molecular complexity index is 1210. The maximum atomic E-state index is 12.4. The van der Waals surface area contributed by atoms with Crippen LogP contribution in [0.2, 0.25) is 0 Å². The highest BCUT2D eigenvalue weighted by molar-refractivity contribution is 6.13. The van der Waals surface area contributed by atoms with Gasteiger partial charge in [-0.3, -0.25) is 4.79 Å². The van der Waals surface area contributed by atoms with Crippen molar-refractivity contribution in [3.8, 4) is 5.75 Å². The van der Waals surface area contributed by atoms with Crippen molar-refractivity contribution in [1.82, 2.24) is 0 Å². The highest BCUT2D eigenvalue weighted by atomic mass is 16.6. The zero-order chi connectivity index (χ0) is 21.3. The summed E-state index contributed by atoms with van der Waals surface area (Å²) in [5.41, 5.74) is 3.40. The van der Waals surface area contributed by atoms with Gasteiger partial charge in [0.05, 0.1) is 0 Å². The molecule has 0 aliphatic carbocycles. The quantitative estimate of drug-likeness (QED) is 0.347. The Morgan fingerprint density at radius 1 is 1.03 bits per heavy atom. The second kappa shape index (κ2) is 7.95. The van der Waals surface area contributed by atoms with E-state index >= 15 is 0 Å². The minimum Gasteiger partial charge on any atom is -0.426 e. The second-order valence-electron chi connectivity index (χ2n) is 7.21. The molecule has 0 unspecified atom stereocenters. The maximum absolute atomic E-state index is 12.4. The molecule has 150 valence electrons. The molecule has 5 nitrogen and oxygen atoms in total. The largest absolute Gasteiger partial charge is 0.426 e. The third-order valence-electron chi connectivity index (χ3n) is 4.91. The van der Waals surface area contributed by atoms with Crippen LogP contribution in [0.5, 0.6) is 5.75 Å². The van der Waals surface area contributed by atoms with Crippen LogP contribution in [0.4, 0.5) is 0 Å². The van der Waals surface area contributed by atoms with Crippen molar-refractivity contribution in [2.24, 2.45) is 4.99 Å². The summed E-state index contributed by atoms with van der Waals surface area (Å²) in [6.45, 7) is 5.48. The second-order valence-corrected chi connectivity index (χ2v) is 7.21. The average Bonchev–Trinajstić information content (AvgIpc) is 3.10. The number of aryl methyl sites for hydroxylation is 2. The van der Waals surface area contributed by atoms with Crippen molar-refractivity contribution in [3.63, 3.8) is 0 Å². The van der Waals surface area contributed by atoms with Crippen LogP contribution in [0.1, 0.15) is 35.6 Å². The first kappa shape index (κ1) is 19.6. The van der Waals surface area contributed by atoms with Gasteiger partial charge in [0.2, 0.25) is 5.90 Å². The van der Waals surface area contributed by atoms with Gasteiger partial charge in [-0.1, -0.05) is 37.3 Å². The number of cyclic esters (lactones) is 1. The number of carbonyl (C=O) groups excluding carboxylic acids is 2. The van der Waals surface area contributed by atoms with E-state index in [-0.39, 0.29) is 11.7 Å². The van der Waals surface area contributed by atoms with Crippen molar-refractivity contribution < 1.29 is 19.1 Å².